The number of hydrogen-bond acceptors (Lipinski definition) is 3. The highest BCUT2D eigenvalue weighted by atomic mass is 16.5. The number of nitrogens with two attached hydrogens (primary N) is 1. The number of carbonyl (C=O) groups is 1. The molecule has 0 aliphatic carbocycles. The Bertz CT molecular complexity index is 373. The minimum atomic E-state index is -0.762. The number of hydrogen-bond donors (Lipinski definition) is 2. The van der Waals surface area contributed by atoms with Crippen LogP contribution in [0.4, 0.5) is 4.79 Å². The Hall–Kier alpha value is -1.55. The molecule has 1 aliphatic heterocycles. The van der Waals surface area contributed by atoms with Crippen LogP contribution in [0, 0.1) is 0 Å². The zero-order valence-corrected chi connectivity index (χ0v) is 9.11. The summed E-state index contributed by atoms with van der Waals surface area (Å²) in [5.41, 5.74) is 6.20. The van der Waals surface area contributed by atoms with Gasteiger partial charge in [0.05, 0.1) is 0 Å². The molecule has 3 N–H and O–H groups in total. The maximum atomic E-state index is 10.6. The normalized spacial score (nSPS) is 17.0. The number of amides is 1. The predicted molar refractivity (Wildman–Crippen MR) is 61.5 cm³/mol. The van der Waals surface area contributed by atoms with Crippen LogP contribution in [-0.4, -0.2) is 19.2 Å². The topological polar surface area (TPSA) is 64.4 Å². The SMILES string of the molecule is NC(=O)Oc1cccc(C2CCNCC2)c1. The van der Waals surface area contributed by atoms with Gasteiger partial charge < -0.3 is 15.8 Å². The van der Waals surface area contributed by atoms with E-state index >= 15 is 0 Å². The zero-order chi connectivity index (χ0) is 11.4. The molecule has 16 heavy (non-hydrogen) atoms. The van der Waals surface area contributed by atoms with E-state index in [0.29, 0.717) is 11.7 Å². The maximum Gasteiger partial charge on any atom is 0.409 e. The van der Waals surface area contributed by atoms with E-state index in [4.69, 9.17) is 10.5 Å². The van der Waals surface area contributed by atoms with E-state index in [1.54, 1.807) is 6.07 Å². The first-order valence-electron chi connectivity index (χ1n) is 5.53. The Balaban J connectivity index is 2.11. The lowest BCUT2D eigenvalue weighted by molar-refractivity contribution is 0.211. The van der Waals surface area contributed by atoms with Crippen LogP contribution in [0.3, 0.4) is 0 Å². The molecule has 1 aliphatic rings. The summed E-state index contributed by atoms with van der Waals surface area (Å²) in [4.78, 5) is 10.6. The molecule has 1 saturated heterocycles. The zero-order valence-electron chi connectivity index (χ0n) is 9.11. The average molecular weight is 220 g/mol. The van der Waals surface area contributed by atoms with Crippen LogP contribution in [0.15, 0.2) is 24.3 Å². The number of rotatable bonds is 2. The molecule has 1 fully saturated rings. The first-order valence-corrected chi connectivity index (χ1v) is 5.53. The fourth-order valence-corrected chi connectivity index (χ4v) is 2.10. The van der Waals surface area contributed by atoms with Crippen molar-refractivity contribution >= 4 is 6.09 Å². The van der Waals surface area contributed by atoms with Crippen molar-refractivity contribution in [3.63, 3.8) is 0 Å². The molecule has 1 heterocycles. The molecule has 4 nitrogen and oxygen atoms in total. The number of carbonyl (C=O) groups excluding carboxylic acids is 1. The van der Waals surface area contributed by atoms with Crippen molar-refractivity contribution in [3.05, 3.63) is 29.8 Å². The van der Waals surface area contributed by atoms with Gasteiger partial charge in [0.2, 0.25) is 0 Å². The van der Waals surface area contributed by atoms with Gasteiger partial charge in [0.25, 0.3) is 0 Å². The van der Waals surface area contributed by atoms with Gasteiger partial charge in [0.1, 0.15) is 5.75 Å². The first kappa shape index (κ1) is 11.0. The van der Waals surface area contributed by atoms with Crippen LogP contribution in [-0.2, 0) is 0 Å². The Morgan fingerprint density at radius 2 is 2.12 bits per heavy atom. The molecule has 0 aromatic heterocycles. The van der Waals surface area contributed by atoms with Crippen LogP contribution in [0.25, 0.3) is 0 Å². The molecule has 0 radical (unpaired) electrons. The van der Waals surface area contributed by atoms with E-state index in [2.05, 4.69) is 11.4 Å². The Morgan fingerprint density at radius 3 is 2.81 bits per heavy atom. The highest BCUT2D eigenvalue weighted by Crippen LogP contribution is 2.27. The van der Waals surface area contributed by atoms with Gasteiger partial charge in [0, 0.05) is 0 Å². The first-order chi connectivity index (χ1) is 7.75. The van der Waals surface area contributed by atoms with Crippen LogP contribution in [0.5, 0.6) is 5.75 Å². The minimum absolute atomic E-state index is 0.531. The van der Waals surface area contributed by atoms with Crippen molar-refractivity contribution in [1.29, 1.82) is 0 Å². The summed E-state index contributed by atoms with van der Waals surface area (Å²) in [7, 11) is 0. The second-order valence-corrected chi connectivity index (χ2v) is 4.02. The van der Waals surface area contributed by atoms with Gasteiger partial charge in [-0.05, 0) is 49.5 Å². The molecular weight excluding hydrogens is 204 g/mol. The van der Waals surface area contributed by atoms with E-state index in [0.717, 1.165) is 25.9 Å². The van der Waals surface area contributed by atoms with Gasteiger partial charge in [-0.3, -0.25) is 0 Å². The molecule has 1 amide bonds. The van der Waals surface area contributed by atoms with Gasteiger partial charge in [-0.1, -0.05) is 12.1 Å². The van der Waals surface area contributed by atoms with E-state index in [1.807, 2.05) is 12.1 Å². The average Bonchev–Trinajstić information content (AvgIpc) is 2.30. The fourth-order valence-electron chi connectivity index (χ4n) is 2.10. The highest BCUT2D eigenvalue weighted by Gasteiger charge is 2.15. The van der Waals surface area contributed by atoms with E-state index in [1.165, 1.54) is 5.56 Å². The van der Waals surface area contributed by atoms with Crippen molar-refractivity contribution in [2.75, 3.05) is 13.1 Å². The summed E-state index contributed by atoms with van der Waals surface area (Å²) in [6.45, 7) is 2.09. The highest BCUT2D eigenvalue weighted by molar-refractivity contribution is 5.68. The molecule has 0 bridgehead atoms. The van der Waals surface area contributed by atoms with Gasteiger partial charge in [-0.15, -0.1) is 0 Å². The fraction of sp³-hybridized carbons (Fsp3) is 0.417. The quantitative estimate of drug-likeness (QED) is 0.795. The smallest absolute Gasteiger partial charge is 0.409 e. The van der Waals surface area contributed by atoms with Gasteiger partial charge in [-0.25, -0.2) is 4.79 Å². The number of benzene rings is 1. The third-order valence-corrected chi connectivity index (χ3v) is 2.89. The van der Waals surface area contributed by atoms with Gasteiger partial charge in [0.15, 0.2) is 0 Å². The summed E-state index contributed by atoms with van der Waals surface area (Å²) >= 11 is 0. The Morgan fingerprint density at radius 1 is 1.38 bits per heavy atom. The summed E-state index contributed by atoms with van der Waals surface area (Å²) < 4.78 is 4.87. The predicted octanol–water partition coefficient (Wildman–Crippen LogP) is 1.61. The minimum Gasteiger partial charge on any atom is -0.410 e. The van der Waals surface area contributed by atoms with Crippen LogP contribution in [0.1, 0.15) is 24.3 Å². The second kappa shape index (κ2) is 4.99. The molecule has 0 unspecified atom stereocenters. The molecule has 1 aromatic carbocycles. The lowest BCUT2D eigenvalue weighted by Gasteiger charge is -2.23. The van der Waals surface area contributed by atoms with Crippen molar-refractivity contribution in [3.8, 4) is 5.75 Å². The Labute approximate surface area is 94.8 Å². The lowest BCUT2D eigenvalue weighted by atomic mass is 9.90. The number of ether oxygens (including phenoxy) is 1. The Kier molecular flexibility index (Phi) is 3.41. The maximum absolute atomic E-state index is 10.6. The summed E-state index contributed by atoms with van der Waals surface area (Å²) in [5, 5.41) is 3.33. The number of nitrogens with one attached hydrogen (secondary N) is 1. The van der Waals surface area contributed by atoms with Crippen molar-refractivity contribution in [1.82, 2.24) is 5.32 Å². The van der Waals surface area contributed by atoms with Crippen LogP contribution in [0.2, 0.25) is 0 Å². The van der Waals surface area contributed by atoms with E-state index < -0.39 is 6.09 Å². The molecule has 0 saturated carbocycles. The third-order valence-electron chi connectivity index (χ3n) is 2.89. The van der Waals surface area contributed by atoms with E-state index in [9.17, 15) is 4.79 Å². The molecule has 86 valence electrons. The third kappa shape index (κ3) is 2.73. The van der Waals surface area contributed by atoms with Crippen molar-refractivity contribution in [2.45, 2.75) is 18.8 Å². The van der Waals surface area contributed by atoms with Crippen LogP contribution < -0.4 is 15.8 Å². The monoisotopic (exact) mass is 220 g/mol. The number of primary amides is 1. The summed E-state index contributed by atoms with van der Waals surface area (Å²) in [6.07, 6.45) is 1.49. The molecule has 0 atom stereocenters. The molecule has 0 spiro atoms. The summed E-state index contributed by atoms with van der Waals surface area (Å²) in [6, 6.07) is 7.62. The van der Waals surface area contributed by atoms with Gasteiger partial charge in [-0.2, -0.15) is 0 Å². The standard InChI is InChI=1S/C12H16N2O2/c13-12(15)16-11-3-1-2-10(8-11)9-4-6-14-7-5-9/h1-3,8-9,14H,4-7H2,(H2,13,15). The van der Waals surface area contributed by atoms with Crippen LogP contribution >= 0.6 is 0 Å². The molecule has 2 rings (SSSR count). The number of piperidine rings is 1. The molecule has 1 aromatic rings. The molecular formula is C12H16N2O2. The lowest BCUT2D eigenvalue weighted by Crippen LogP contribution is -2.26. The second-order valence-electron chi connectivity index (χ2n) is 4.02. The largest absolute Gasteiger partial charge is 0.410 e. The van der Waals surface area contributed by atoms with Crippen molar-refractivity contribution in [2.24, 2.45) is 5.73 Å². The van der Waals surface area contributed by atoms with Gasteiger partial charge >= 0.3 is 6.09 Å². The summed E-state index contributed by atoms with van der Waals surface area (Å²) in [5.74, 6) is 1.08. The van der Waals surface area contributed by atoms with Crippen molar-refractivity contribution < 1.29 is 9.53 Å². The molecule has 4 heteroatoms. The van der Waals surface area contributed by atoms with E-state index in [-0.39, 0.29) is 0 Å².